The maximum Gasteiger partial charge on any atom is 0.273 e. The van der Waals surface area contributed by atoms with Crippen LogP contribution in [0.3, 0.4) is 0 Å². The molecule has 0 radical (unpaired) electrons. The molecule has 3 aromatic carbocycles. The second-order valence-corrected chi connectivity index (χ2v) is 6.95. The Labute approximate surface area is 164 Å². The van der Waals surface area contributed by atoms with Crippen LogP contribution in [0.5, 0.6) is 0 Å². The first-order valence-electron chi connectivity index (χ1n) is 9.68. The monoisotopic (exact) mass is 369 g/mol. The Bertz CT molecular complexity index is 1090. The van der Waals surface area contributed by atoms with Gasteiger partial charge in [-0.1, -0.05) is 67.9 Å². The van der Waals surface area contributed by atoms with Crippen LogP contribution in [0.4, 0.5) is 5.69 Å². The summed E-state index contributed by atoms with van der Waals surface area (Å²) in [5.41, 5.74) is 4.29. The zero-order valence-corrected chi connectivity index (χ0v) is 15.9. The molecule has 0 aliphatic carbocycles. The van der Waals surface area contributed by atoms with Crippen molar-refractivity contribution in [2.75, 3.05) is 5.32 Å². The van der Waals surface area contributed by atoms with Gasteiger partial charge in [-0.25, -0.2) is 0 Å². The van der Waals surface area contributed by atoms with Crippen LogP contribution >= 0.6 is 0 Å². The van der Waals surface area contributed by atoms with Gasteiger partial charge < -0.3 is 5.32 Å². The maximum atomic E-state index is 12.6. The van der Waals surface area contributed by atoms with Gasteiger partial charge in [-0.15, -0.1) is 0 Å². The Hall–Kier alpha value is -3.40. The molecule has 28 heavy (non-hydrogen) atoms. The summed E-state index contributed by atoms with van der Waals surface area (Å²) >= 11 is 0. The van der Waals surface area contributed by atoms with Gasteiger partial charge in [0, 0.05) is 11.3 Å². The van der Waals surface area contributed by atoms with Gasteiger partial charge in [0.2, 0.25) is 0 Å². The molecule has 1 aromatic heterocycles. The SMILES string of the molecule is CCCCc1ccc(NC(=O)c2cc(-c3cccc4ccccc34)n[nH]2)cc1. The van der Waals surface area contributed by atoms with Crippen LogP contribution in [-0.4, -0.2) is 16.1 Å². The molecule has 0 aliphatic heterocycles. The number of carbonyl (C=O) groups is 1. The van der Waals surface area contributed by atoms with E-state index in [-0.39, 0.29) is 5.91 Å². The summed E-state index contributed by atoms with van der Waals surface area (Å²) in [6.45, 7) is 2.19. The summed E-state index contributed by atoms with van der Waals surface area (Å²) < 4.78 is 0. The predicted molar refractivity (Wildman–Crippen MR) is 115 cm³/mol. The molecule has 0 aliphatic rings. The Kier molecular flexibility index (Phi) is 5.20. The minimum absolute atomic E-state index is 0.194. The third-order valence-electron chi connectivity index (χ3n) is 4.92. The van der Waals surface area contributed by atoms with Crippen molar-refractivity contribution in [1.82, 2.24) is 10.2 Å². The topological polar surface area (TPSA) is 57.8 Å². The summed E-state index contributed by atoms with van der Waals surface area (Å²) in [6.07, 6.45) is 3.42. The maximum absolute atomic E-state index is 12.6. The molecule has 0 spiro atoms. The highest BCUT2D eigenvalue weighted by atomic mass is 16.1. The molecule has 0 fully saturated rings. The van der Waals surface area contributed by atoms with Crippen molar-refractivity contribution in [3.8, 4) is 11.3 Å². The number of anilines is 1. The molecule has 4 nitrogen and oxygen atoms in total. The highest BCUT2D eigenvalue weighted by Crippen LogP contribution is 2.27. The first kappa shape index (κ1) is 18.0. The van der Waals surface area contributed by atoms with Crippen LogP contribution in [-0.2, 0) is 6.42 Å². The zero-order chi connectivity index (χ0) is 19.3. The van der Waals surface area contributed by atoms with Crippen LogP contribution in [0, 0.1) is 0 Å². The van der Waals surface area contributed by atoms with Gasteiger partial charge in [0.15, 0.2) is 0 Å². The Morgan fingerprint density at radius 1 is 1.00 bits per heavy atom. The van der Waals surface area contributed by atoms with Gasteiger partial charge in [0.05, 0.1) is 5.69 Å². The molecular formula is C24H23N3O. The van der Waals surface area contributed by atoms with Crippen LogP contribution in [0.15, 0.2) is 72.8 Å². The highest BCUT2D eigenvalue weighted by Gasteiger charge is 2.13. The summed E-state index contributed by atoms with van der Waals surface area (Å²) in [7, 11) is 0. The van der Waals surface area contributed by atoms with Crippen molar-refractivity contribution in [2.24, 2.45) is 0 Å². The average molecular weight is 369 g/mol. The first-order chi connectivity index (χ1) is 13.7. The minimum Gasteiger partial charge on any atom is -0.321 e. The largest absolute Gasteiger partial charge is 0.321 e. The summed E-state index contributed by atoms with van der Waals surface area (Å²) in [5, 5.41) is 12.4. The number of fused-ring (bicyclic) bond motifs is 1. The minimum atomic E-state index is -0.194. The molecule has 1 amide bonds. The van der Waals surface area contributed by atoms with Crippen LogP contribution in [0.2, 0.25) is 0 Å². The van der Waals surface area contributed by atoms with E-state index >= 15 is 0 Å². The molecular weight excluding hydrogens is 346 g/mol. The van der Waals surface area contributed by atoms with E-state index in [0.717, 1.165) is 34.1 Å². The van der Waals surface area contributed by atoms with Crippen LogP contribution in [0.1, 0.15) is 35.8 Å². The smallest absolute Gasteiger partial charge is 0.273 e. The number of nitrogens with zero attached hydrogens (tertiary/aromatic N) is 1. The quantitative estimate of drug-likeness (QED) is 0.449. The number of amides is 1. The number of rotatable bonds is 6. The van der Waals surface area contributed by atoms with E-state index in [1.165, 1.54) is 18.4 Å². The number of aromatic nitrogens is 2. The van der Waals surface area contributed by atoms with Crippen LogP contribution in [0.25, 0.3) is 22.0 Å². The van der Waals surface area contributed by atoms with E-state index in [9.17, 15) is 4.79 Å². The fraction of sp³-hybridized carbons (Fsp3) is 0.167. The standard InChI is InChI=1S/C24H23N3O/c1-2-3-7-17-12-14-19(15-13-17)25-24(28)23-16-22(26-27-23)21-11-6-9-18-8-4-5-10-20(18)21/h4-6,8-16H,2-3,7H2,1H3,(H,25,28)(H,26,27). The number of hydrogen-bond donors (Lipinski definition) is 2. The van der Waals surface area contributed by atoms with Gasteiger partial charge >= 0.3 is 0 Å². The molecule has 4 rings (SSSR count). The molecule has 0 bridgehead atoms. The van der Waals surface area contributed by atoms with Crippen molar-refractivity contribution >= 4 is 22.4 Å². The van der Waals surface area contributed by atoms with Gasteiger partial charge in [-0.3, -0.25) is 9.89 Å². The number of nitrogens with one attached hydrogen (secondary N) is 2. The third-order valence-corrected chi connectivity index (χ3v) is 4.92. The Morgan fingerprint density at radius 2 is 1.79 bits per heavy atom. The normalized spacial score (nSPS) is 10.9. The van der Waals surface area contributed by atoms with Crippen molar-refractivity contribution in [2.45, 2.75) is 26.2 Å². The second kappa shape index (κ2) is 8.09. The third kappa shape index (κ3) is 3.81. The lowest BCUT2D eigenvalue weighted by molar-refractivity contribution is 0.102. The van der Waals surface area contributed by atoms with E-state index in [0.29, 0.717) is 5.69 Å². The lowest BCUT2D eigenvalue weighted by atomic mass is 10.0. The average Bonchev–Trinajstić information content (AvgIpc) is 3.23. The van der Waals surface area contributed by atoms with E-state index in [1.54, 1.807) is 6.07 Å². The van der Waals surface area contributed by atoms with Crippen molar-refractivity contribution in [3.63, 3.8) is 0 Å². The van der Waals surface area contributed by atoms with Crippen molar-refractivity contribution in [3.05, 3.63) is 84.1 Å². The molecule has 0 saturated carbocycles. The molecule has 0 saturated heterocycles. The summed E-state index contributed by atoms with van der Waals surface area (Å²) in [5.74, 6) is -0.194. The van der Waals surface area contributed by atoms with E-state index in [4.69, 9.17) is 0 Å². The Morgan fingerprint density at radius 3 is 2.61 bits per heavy atom. The molecule has 1 heterocycles. The van der Waals surface area contributed by atoms with Crippen molar-refractivity contribution < 1.29 is 4.79 Å². The molecule has 0 atom stereocenters. The summed E-state index contributed by atoms with van der Waals surface area (Å²) in [6, 6.07) is 24.1. The second-order valence-electron chi connectivity index (χ2n) is 6.95. The fourth-order valence-corrected chi connectivity index (χ4v) is 3.36. The molecule has 4 heteroatoms. The van der Waals surface area contributed by atoms with Crippen molar-refractivity contribution in [1.29, 1.82) is 0 Å². The molecule has 4 aromatic rings. The van der Waals surface area contributed by atoms with Crippen LogP contribution < -0.4 is 5.32 Å². The molecule has 0 unspecified atom stereocenters. The van der Waals surface area contributed by atoms with Gasteiger partial charge in [-0.05, 0) is 47.4 Å². The number of aryl methyl sites for hydroxylation is 1. The summed E-state index contributed by atoms with van der Waals surface area (Å²) in [4.78, 5) is 12.6. The number of aromatic amines is 1. The Balaban J connectivity index is 1.51. The lowest BCUT2D eigenvalue weighted by Gasteiger charge is -2.05. The van der Waals surface area contributed by atoms with Gasteiger partial charge in [-0.2, -0.15) is 5.10 Å². The number of unbranched alkanes of at least 4 members (excludes halogenated alkanes) is 1. The number of H-pyrrole nitrogens is 1. The highest BCUT2D eigenvalue weighted by molar-refractivity contribution is 6.04. The van der Waals surface area contributed by atoms with Gasteiger partial charge in [0.1, 0.15) is 5.69 Å². The van der Waals surface area contributed by atoms with E-state index in [2.05, 4.69) is 52.8 Å². The van der Waals surface area contributed by atoms with E-state index in [1.807, 2.05) is 36.4 Å². The fourth-order valence-electron chi connectivity index (χ4n) is 3.36. The lowest BCUT2D eigenvalue weighted by Crippen LogP contribution is -2.12. The number of hydrogen-bond acceptors (Lipinski definition) is 2. The predicted octanol–water partition coefficient (Wildman–Crippen LogP) is 5.82. The zero-order valence-electron chi connectivity index (χ0n) is 15.9. The first-order valence-corrected chi connectivity index (χ1v) is 9.68. The number of benzene rings is 3. The molecule has 2 N–H and O–H groups in total. The van der Waals surface area contributed by atoms with Gasteiger partial charge in [0.25, 0.3) is 5.91 Å². The van der Waals surface area contributed by atoms with E-state index < -0.39 is 0 Å². The number of carbonyl (C=O) groups excluding carboxylic acids is 1. The molecule has 140 valence electrons.